The molecule has 8 heteroatoms. The van der Waals surface area contributed by atoms with Crippen LogP contribution >= 0.6 is 23.1 Å². The van der Waals surface area contributed by atoms with E-state index < -0.39 is 0 Å². The van der Waals surface area contributed by atoms with Crippen LogP contribution in [-0.2, 0) is 18.3 Å². The zero-order valence-electron chi connectivity index (χ0n) is 11.2. The highest BCUT2D eigenvalue weighted by molar-refractivity contribution is 8.01. The van der Waals surface area contributed by atoms with E-state index in [1.165, 1.54) is 16.9 Å². The van der Waals surface area contributed by atoms with Gasteiger partial charge >= 0.3 is 0 Å². The van der Waals surface area contributed by atoms with Crippen molar-refractivity contribution in [1.29, 1.82) is 0 Å². The van der Waals surface area contributed by atoms with Gasteiger partial charge in [0.2, 0.25) is 0 Å². The molecule has 19 heavy (non-hydrogen) atoms. The molecule has 0 unspecified atom stereocenters. The van der Waals surface area contributed by atoms with Gasteiger partial charge < -0.3 is 10.1 Å². The zero-order chi connectivity index (χ0) is 13.7. The van der Waals surface area contributed by atoms with Crippen molar-refractivity contribution in [2.45, 2.75) is 22.8 Å². The molecule has 0 aromatic carbocycles. The van der Waals surface area contributed by atoms with Crippen LogP contribution in [0.3, 0.4) is 0 Å². The Labute approximate surface area is 120 Å². The summed E-state index contributed by atoms with van der Waals surface area (Å²) in [5, 5.41) is 16.9. The lowest BCUT2D eigenvalue weighted by molar-refractivity contribution is 0.199. The minimum absolute atomic E-state index is 0.707. The second kappa shape index (κ2) is 6.99. The first-order valence-electron chi connectivity index (χ1n) is 5.88. The Hall–Kier alpha value is -0.960. The molecule has 0 aliphatic heterocycles. The summed E-state index contributed by atoms with van der Waals surface area (Å²) in [6.45, 7) is 4.34. The van der Waals surface area contributed by atoms with Gasteiger partial charge in [-0.05, 0) is 18.7 Å². The Morgan fingerprint density at radius 2 is 2.37 bits per heavy atom. The Balaban J connectivity index is 2.08. The highest BCUT2D eigenvalue weighted by Crippen LogP contribution is 2.32. The predicted octanol–water partition coefficient (Wildman–Crippen LogP) is 1.47. The molecule has 0 aliphatic carbocycles. The Morgan fingerprint density at radius 1 is 1.53 bits per heavy atom. The van der Waals surface area contributed by atoms with Crippen LogP contribution in [0.4, 0.5) is 0 Å². The Kier molecular flexibility index (Phi) is 5.32. The van der Waals surface area contributed by atoms with Gasteiger partial charge in [-0.25, -0.2) is 0 Å². The highest BCUT2D eigenvalue weighted by atomic mass is 32.2. The van der Waals surface area contributed by atoms with Gasteiger partial charge in [0, 0.05) is 32.8 Å². The van der Waals surface area contributed by atoms with E-state index in [1.54, 1.807) is 24.4 Å². The third kappa shape index (κ3) is 3.75. The molecule has 0 fully saturated rings. The number of nitrogens with zero attached hydrogens (tertiary/aromatic N) is 4. The molecule has 0 amide bonds. The first kappa shape index (κ1) is 14.4. The largest absolute Gasteiger partial charge is 0.383 e. The Bertz CT molecular complexity index is 511. The molecule has 2 aromatic heterocycles. The van der Waals surface area contributed by atoms with Crippen molar-refractivity contribution < 1.29 is 4.74 Å². The van der Waals surface area contributed by atoms with Crippen molar-refractivity contribution in [3.63, 3.8) is 0 Å². The average Bonchev–Trinajstić information content (AvgIpc) is 2.97. The van der Waals surface area contributed by atoms with Crippen LogP contribution in [0.2, 0.25) is 0 Å². The molecule has 2 rings (SSSR count). The van der Waals surface area contributed by atoms with Crippen LogP contribution < -0.4 is 5.32 Å². The summed E-state index contributed by atoms with van der Waals surface area (Å²) in [6, 6.07) is 0. The summed E-state index contributed by atoms with van der Waals surface area (Å²) < 4.78 is 7.85. The SMILES string of the molecule is COCCNCc1c(C)nn(C)c1Sc1nncs1. The highest BCUT2D eigenvalue weighted by Gasteiger charge is 2.15. The van der Waals surface area contributed by atoms with Crippen LogP contribution in [0.25, 0.3) is 0 Å². The summed E-state index contributed by atoms with van der Waals surface area (Å²) in [4.78, 5) is 0. The molecule has 0 radical (unpaired) electrons. The van der Waals surface area contributed by atoms with E-state index in [1.807, 2.05) is 18.7 Å². The van der Waals surface area contributed by atoms with Crippen LogP contribution in [0.15, 0.2) is 14.9 Å². The van der Waals surface area contributed by atoms with Gasteiger partial charge in [-0.3, -0.25) is 4.68 Å². The molecule has 2 aromatic rings. The molecule has 0 saturated heterocycles. The van der Waals surface area contributed by atoms with Gasteiger partial charge in [-0.1, -0.05) is 11.3 Å². The van der Waals surface area contributed by atoms with E-state index >= 15 is 0 Å². The first-order valence-corrected chi connectivity index (χ1v) is 7.58. The number of rotatable bonds is 7. The number of nitrogens with one attached hydrogen (secondary N) is 1. The lowest BCUT2D eigenvalue weighted by Crippen LogP contribution is -2.19. The number of aryl methyl sites for hydroxylation is 2. The molecule has 0 atom stereocenters. The summed E-state index contributed by atoms with van der Waals surface area (Å²) in [7, 11) is 3.66. The van der Waals surface area contributed by atoms with E-state index in [4.69, 9.17) is 4.74 Å². The second-order valence-corrected chi connectivity index (χ2v) is 6.04. The van der Waals surface area contributed by atoms with Crippen LogP contribution in [0, 0.1) is 6.92 Å². The van der Waals surface area contributed by atoms with Crippen molar-refractivity contribution in [3.8, 4) is 0 Å². The van der Waals surface area contributed by atoms with Gasteiger partial charge in [0.1, 0.15) is 10.5 Å². The third-order valence-electron chi connectivity index (χ3n) is 2.60. The van der Waals surface area contributed by atoms with Crippen LogP contribution in [0.1, 0.15) is 11.3 Å². The summed E-state index contributed by atoms with van der Waals surface area (Å²) in [6.07, 6.45) is 0. The molecule has 6 nitrogen and oxygen atoms in total. The maximum Gasteiger partial charge on any atom is 0.180 e. The maximum absolute atomic E-state index is 5.03. The molecule has 104 valence electrons. The topological polar surface area (TPSA) is 64.9 Å². The summed E-state index contributed by atoms with van der Waals surface area (Å²) in [5.74, 6) is 0. The lowest BCUT2D eigenvalue weighted by Gasteiger charge is -2.06. The minimum Gasteiger partial charge on any atom is -0.383 e. The van der Waals surface area contributed by atoms with Crippen LogP contribution in [0.5, 0.6) is 0 Å². The number of ether oxygens (including phenoxy) is 1. The molecule has 2 heterocycles. The van der Waals surface area contributed by atoms with E-state index in [0.29, 0.717) is 6.61 Å². The fourth-order valence-corrected chi connectivity index (χ4v) is 3.30. The average molecular weight is 299 g/mol. The summed E-state index contributed by atoms with van der Waals surface area (Å²) in [5.41, 5.74) is 3.99. The van der Waals surface area contributed by atoms with E-state index in [2.05, 4.69) is 20.6 Å². The second-order valence-electron chi connectivity index (χ2n) is 3.97. The van der Waals surface area contributed by atoms with Crippen molar-refractivity contribution in [2.75, 3.05) is 20.3 Å². The number of methoxy groups -OCH3 is 1. The summed E-state index contributed by atoms with van der Waals surface area (Å²) >= 11 is 3.14. The van der Waals surface area contributed by atoms with Gasteiger partial charge in [0.05, 0.1) is 12.3 Å². The standard InChI is InChI=1S/C11H17N5OS2/c1-8-9(6-12-4-5-17-3)10(16(2)15-8)19-11-14-13-7-18-11/h7,12H,4-6H2,1-3H3. The molecule has 0 spiro atoms. The van der Waals surface area contributed by atoms with Crippen molar-refractivity contribution in [1.82, 2.24) is 25.3 Å². The molecule has 0 bridgehead atoms. The molecule has 0 saturated carbocycles. The molecule has 0 aliphatic rings. The predicted molar refractivity (Wildman–Crippen MR) is 75.6 cm³/mol. The smallest absolute Gasteiger partial charge is 0.180 e. The Morgan fingerprint density at radius 3 is 3.05 bits per heavy atom. The number of hydrogen-bond donors (Lipinski definition) is 1. The van der Waals surface area contributed by atoms with Crippen molar-refractivity contribution in [2.24, 2.45) is 7.05 Å². The van der Waals surface area contributed by atoms with Gasteiger partial charge in [0.25, 0.3) is 0 Å². The van der Waals surface area contributed by atoms with Gasteiger partial charge in [-0.2, -0.15) is 5.10 Å². The van der Waals surface area contributed by atoms with Gasteiger partial charge in [-0.15, -0.1) is 10.2 Å². The van der Waals surface area contributed by atoms with E-state index in [0.717, 1.165) is 28.1 Å². The quantitative estimate of drug-likeness (QED) is 0.781. The van der Waals surface area contributed by atoms with E-state index in [-0.39, 0.29) is 0 Å². The van der Waals surface area contributed by atoms with Crippen LogP contribution in [-0.4, -0.2) is 40.2 Å². The maximum atomic E-state index is 5.03. The minimum atomic E-state index is 0.707. The zero-order valence-corrected chi connectivity index (χ0v) is 12.8. The van der Waals surface area contributed by atoms with E-state index in [9.17, 15) is 0 Å². The normalized spacial score (nSPS) is 11.1. The third-order valence-corrected chi connectivity index (χ3v) is 4.58. The van der Waals surface area contributed by atoms with Crippen molar-refractivity contribution in [3.05, 3.63) is 16.8 Å². The number of aromatic nitrogens is 4. The molecule has 1 N–H and O–H groups in total. The fourth-order valence-electron chi connectivity index (χ4n) is 1.69. The first-order chi connectivity index (χ1) is 9.22. The lowest BCUT2D eigenvalue weighted by atomic mass is 10.2. The molecular weight excluding hydrogens is 282 g/mol. The fraction of sp³-hybridized carbons (Fsp3) is 0.545. The number of hydrogen-bond acceptors (Lipinski definition) is 7. The molecular formula is C11H17N5OS2. The van der Waals surface area contributed by atoms with Gasteiger partial charge in [0.15, 0.2) is 4.34 Å². The monoisotopic (exact) mass is 299 g/mol. The van der Waals surface area contributed by atoms with Crippen molar-refractivity contribution >= 4 is 23.1 Å².